The molecule has 2 fully saturated rings. The van der Waals surface area contributed by atoms with E-state index in [9.17, 15) is 4.79 Å². The Morgan fingerprint density at radius 2 is 2.00 bits per heavy atom. The molecule has 98 valence electrons. The highest BCUT2D eigenvalue weighted by molar-refractivity contribution is 5.82. The van der Waals surface area contributed by atoms with Crippen LogP contribution in [0.3, 0.4) is 0 Å². The highest BCUT2D eigenvalue weighted by Crippen LogP contribution is 2.23. The number of hydrogen-bond donors (Lipinski definition) is 1. The molecule has 2 heterocycles. The van der Waals surface area contributed by atoms with E-state index in [0.717, 1.165) is 25.4 Å². The van der Waals surface area contributed by atoms with Gasteiger partial charge in [-0.25, -0.2) is 0 Å². The number of carbonyl (C=O) groups excluding carboxylic acids is 1. The van der Waals surface area contributed by atoms with Gasteiger partial charge in [0.05, 0.1) is 6.04 Å². The van der Waals surface area contributed by atoms with Crippen molar-refractivity contribution in [3.63, 3.8) is 0 Å². The molecule has 1 amide bonds. The molecule has 0 radical (unpaired) electrons. The summed E-state index contributed by atoms with van der Waals surface area (Å²) in [6.07, 6.45) is 7.04. The Hall–Kier alpha value is -0.570. The topological polar surface area (TPSA) is 32.3 Å². The minimum atomic E-state index is 0.0911. The molecule has 2 rings (SSSR count). The van der Waals surface area contributed by atoms with E-state index in [4.69, 9.17) is 0 Å². The number of piperidine rings is 1. The van der Waals surface area contributed by atoms with Crippen LogP contribution in [0.5, 0.6) is 0 Å². The van der Waals surface area contributed by atoms with Crippen LogP contribution in [0.15, 0.2) is 0 Å². The number of amides is 1. The predicted octanol–water partition coefficient (Wildman–Crippen LogP) is 2.17. The number of hydrogen-bond acceptors (Lipinski definition) is 2. The highest BCUT2D eigenvalue weighted by atomic mass is 16.2. The van der Waals surface area contributed by atoms with Crippen LogP contribution in [0, 0.1) is 5.92 Å². The Balaban J connectivity index is 1.93. The largest absolute Gasteiger partial charge is 0.339 e. The first-order valence-corrected chi connectivity index (χ1v) is 7.22. The van der Waals surface area contributed by atoms with Crippen molar-refractivity contribution in [2.24, 2.45) is 5.92 Å². The minimum absolute atomic E-state index is 0.0911. The first kappa shape index (κ1) is 12.9. The monoisotopic (exact) mass is 238 g/mol. The van der Waals surface area contributed by atoms with Gasteiger partial charge in [-0.05, 0) is 45.1 Å². The van der Waals surface area contributed by atoms with Gasteiger partial charge in [-0.1, -0.05) is 19.8 Å². The normalized spacial score (nSPS) is 35.4. The first-order chi connectivity index (χ1) is 8.18. The average molecular weight is 238 g/mol. The van der Waals surface area contributed by atoms with Gasteiger partial charge in [0, 0.05) is 12.6 Å². The molecule has 2 saturated heterocycles. The van der Waals surface area contributed by atoms with Gasteiger partial charge in [0.25, 0.3) is 0 Å². The Morgan fingerprint density at radius 3 is 2.76 bits per heavy atom. The maximum Gasteiger partial charge on any atom is 0.239 e. The molecule has 0 aromatic heterocycles. The fourth-order valence-electron chi connectivity index (χ4n) is 3.17. The third-order valence-electron chi connectivity index (χ3n) is 4.28. The molecule has 0 aliphatic carbocycles. The lowest BCUT2D eigenvalue weighted by molar-refractivity contribution is -0.137. The van der Waals surface area contributed by atoms with Crippen molar-refractivity contribution in [2.75, 3.05) is 13.1 Å². The van der Waals surface area contributed by atoms with Crippen LogP contribution in [0.25, 0.3) is 0 Å². The quantitative estimate of drug-likeness (QED) is 0.759. The molecule has 0 spiro atoms. The summed E-state index contributed by atoms with van der Waals surface area (Å²) in [4.78, 5) is 14.6. The fourth-order valence-corrected chi connectivity index (χ4v) is 3.17. The second-order valence-electron chi connectivity index (χ2n) is 5.87. The summed E-state index contributed by atoms with van der Waals surface area (Å²) >= 11 is 0. The molecule has 0 aromatic rings. The predicted molar refractivity (Wildman–Crippen MR) is 69.8 cm³/mol. The number of nitrogens with zero attached hydrogens (tertiary/aromatic N) is 1. The van der Waals surface area contributed by atoms with Crippen LogP contribution in [-0.4, -0.2) is 36.0 Å². The van der Waals surface area contributed by atoms with Gasteiger partial charge in [-0.3, -0.25) is 4.79 Å². The van der Waals surface area contributed by atoms with Gasteiger partial charge >= 0.3 is 0 Å². The van der Waals surface area contributed by atoms with E-state index < -0.39 is 0 Å². The maximum atomic E-state index is 12.5. The van der Waals surface area contributed by atoms with E-state index in [1.54, 1.807) is 0 Å². The molecule has 0 aromatic carbocycles. The molecule has 3 heteroatoms. The molecule has 2 aliphatic heterocycles. The zero-order valence-corrected chi connectivity index (χ0v) is 11.2. The zero-order valence-electron chi connectivity index (χ0n) is 11.2. The van der Waals surface area contributed by atoms with Crippen LogP contribution in [-0.2, 0) is 4.79 Å². The van der Waals surface area contributed by atoms with Crippen LogP contribution in [0.2, 0.25) is 0 Å². The Bertz CT molecular complexity index is 259. The van der Waals surface area contributed by atoms with Gasteiger partial charge in [-0.2, -0.15) is 0 Å². The van der Waals surface area contributed by atoms with E-state index in [1.165, 1.54) is 32.1 Å². The molecular formula is C14H26N2O. The van der Waals surface area contributed by atoms with Gasteiger partial charge in [-0.15, -0.1) is 0 Å². The Kier molecular flexibility index (Phi) is 4.43. The zero-order chi connectivity index (χ0) is 12.3. The maximum absolute atomic E-state index is 12.5. The van der Waals surface area contributed by atoms with E-state index in [2.05, 4.69) is 24.1 Å². The fraction of sp³-hybridized carbons (Fsp3) is 0.929. The number of nitrogens with one attached hydrogen (secondary N) is 1. The second-order valence-corrected chi connectivity index (χ2v) is 5.87. The van der Waals surface area contributed by atoms with Crippen molar-refractivity contribution in [2.45, 2.75) is 64.5 Å². The van der Waals surface area contributed by atoms with Crippen molar-refractivity contribution < 1.29 is 4.79 Å². The standard InChI is InChI=1S/C14H26N2O/c1-11-7-9-16(12(2)10-11)14(17)13-6-4-3-5-8-15-13/h11-13,15H,3-10H2,1-2H3. The summed E-state index contributed by atoms with van der Waals surface area (Å²) in [7, 11) is 0. The first-order valence-electron chi connectivity index (χ1n) is 7.22. The third-order valence-corrected chi connectivity index (χ3v) is 4.28. The smallest absolute Gasteiger partial charge is 0.239 e. The second kappa shape index (κ2) is 5.85. The summed E-state index contributed by atoms with van der Waals surface area (Å²) in [5.74, 6) is 1.13. The highest BCUT2D eigenvalue weighted by Gasteiger charge is 2.31. The van der Waals surface area contributed by atoms with Crippen molar-refractivity contribution in [1.29, 1.82) is 0 Å². The average Bonchev–Trinajstić information content (AvgIpc) is 2.56. The Morgan fingerprint density at radius 1 is 1.18 bits per heavy atom. The van der Waals surface area contributed by atoms with Crippen molar-refractivity contribution in [3.05, 3.63) is 0 Å². The van der Waals surface area contributed by atoms with Crippen LogP contribution >= 0.6 is 0 Å². The summed E-state index contributed by atoms with van der Waals surface area (Å²) in [5, 5.41) is 3.42. The molecule has 3 unspecified atom stereocenters. The van der Waals surface area contributed by atoms with Crippen LogP contribution < -0.4 is 5.32 Å². The van der Waals surface area contributed by atoms with E-state index in [-0.39, 0.29) is 6.04 Å². The lowest BCUT2D eigenvalue weighted by atomic mass is 9.92. The number of carbonyl (C=O) groups is 1. The van der Waals surface area contributed by atoms with E-state index in [0.29, 0.717) is 11.9 Å². The lowest BCUT2D eigenvalue weighted by Crippen LogP contribution is -2.52. The van der Waals surface area contributed by atoms with Crippen molar-refractivity contribution >= 4 is 5.91 Å². The summed E-state index contributed by atoms with van der Waals surface area (Å²) in [5.41, 5.74) is 0. The molecule has 0 bridgehead atoms. The summed E-state index contributed by atoms with van der Waals surface area (Å²) < 4.78 is 0. The molecular weight excluding hydrogens is 212 g/mol. The van der Waals surface area contributed by atoms with Gasteiger partial charge in [0.15, 0.2) is 0 Å². The number of rotatable bonds is 1. The van der Waals surface area contributed by atoms with Crippen molar-refractivity contribution in [1.82, 2.24) is 10.2 Å². The summed E-state index contributed by atoms with van der Waals surface area (Å²) in [6.45, 7) is 6.46. The molecule has 1 N–H and O–H groups in total. The van der Waals surface area contributed by atoms with Crippen LogP contribution in [0.4, 0.5) is 0 Å². The molecule has 0 saturated carbocycles. The van der Waals surface area contributed by atoms with Gasteiger partial charge < -0.3 is 10.2 Å². The number of likely N-dealkylation sites (tertiary alicyclic amines) is 1. The summed E-state index contributed by atoms with van der Waals surface area (Å²) in [6, 6.07) is 0.518. The molecule has 3 atom stereocenters. The van der Waals surface area contributed by atoms with E-state index in [1.807, 2.05) is 0 Å². The third kappa shape index (κ3) is 3.21. The van der Waals surface area contributed by atoms with E-state index >= 15 is 0 Å². The minimum Gasteiger partial charge on any atom is -0.339 e. The molecule has 17 heavy (non-hydrogen) atoms. The lowest BCUT2D eigenvalue weighted by Gasteiger charge is -2.38. The van der Waals surface area contributed by atoms with Gasteiger partial charge in [0.2, 0.25) is 5.91 Å². The van der Waals surface area contributed by atoms with Gasteiger partial charge in [0.1, 0.15) is 0 Å². The Labute approximate surface area is 105 Å². The molecule has 2 aliphatic rings. The van der Waals surface area contributed by atoms with Crippen LogP contribution in [0.1, 0.15) is 52.4 Å². The SMILES string of the molecule is CC1CCN(C(=O)C2CCCCCN2)C(C)C1. The molecule has 3 nitrogen and oxygen atoms in total. The van der Waals surface area contributed by atoms with Crippen molar-refractivity contribution in [3.8, 4) is 0 Å².